The molecule has 43 heavy (non-hydrogen) atoms. The van der Waals surface area contributed by atoms with Crippen LogP contribution in [0.25, 0.3) is 16.7 Å². The number of alkyl halides is 6. The number of hydrogen-bond acceptors (Lipinski definition) is 8. The molecule has 5 aromatic rings. The molecule has 2 aromatic carbocycles. The van der Waals surface area contributed by atoms with Gasteiger partial charge in [-0.1, -0.05) is 18.2 Å². The molecule has 1 amide bonds. The molecule has 0 saturated heterocycles. The lowest BCUT2D eigenvalue weighted by Gasteiger charge is -2.28. The van der Waals surface area contributed by atoms with Crippen molar-refractivity contribution in [2.24, 2.45) is 0 Å². The molecule has 0 unspecified atom stereocenters. The number of nitriles is 1. The van der Waals surface area contributed by atoms with Crippen LogP contribution in [0.2, 0.25) is 0 Å². The number of hydrogen-bond donors (Lipinski definition) is 0. The Labute approximate surface area is 237 Å². The van der Waals surface area contributed by atoms with Crippen LogP contribution in [0.1, 0.15) is 35.5 Å². The van der Waals surface area contributed by atoms with Crippen molar-refractivity contribution >= 4 is 22.8 Å². The molecular formula is C27H16F6N8O2. The molecule has 0 aliphatic carbocycles. The maximum absolute atomic E-state index is 14.0. The van der Waals surface area contributed by atoms with Gasteiger partial charge in [0.15, 0.2) is 11.6 Å². The standard InChI is InChI=1S/C27H16F6N8O2/c1-15(23-38-14-39-41(23)21-8-7-16(11-34)12-35-21)40(25(42)43-18-5-3-2-4-6-18)24-19-9-17(26(28,29)30)10-20(27(31,32)33)22(19)36-13-37-24/h2-10,12-15H,1H3/t15-/m0/s1. The first-order valence-electron chi connectivity index (χ1n) is 12.1. The van der Waals surface area contributed by atoms with Crippen LogP contribution in [-0.4, -0.2) is 35.8 Å². The number of nitrogens with zero attached hydrogens (tertiary/aromatic N) is 8. The highest BCUT2D eigenvalue weighted by Crippen LogP contribution is 2.42. The zero-order valence-corrected chi connectivity index (χ0v) is 21.7. The molecule has 0 aliphatic heterocycles. The SMILES string of the molecule is C[C@@H](c1ncnn1-c1ccc(C#N)cn1)N(C(=O)Oc1ccccc1)c1ncnc2c(C(F)(F)F)cc(C(F)(F)F)cc12. The second kappa shape index (κ2) is 11.0. The molecule has 0 fully saturated rings. The zero-order valence-electron chi connectivity index (χ0n) is 21.7. The average molecular weight is 598 g/mol. The summed E-state index contributed by atoms with van der Waals surface area (Å²) < 4.78 is 89.8. The van der Waals surface area contributed by atoms with E-state index in [1.807, 2.05) is 6.07 Å². The van der Waals surface area contributed by atoms with Gasteiger partial charge in [0.1, 0.15) is 30.3 Å². The van der Waals surface area contributed by atoms with Gasteiger partial charge in [0.25, 0.3) is 0 Å². The van der Waals surface area contributed by atoms with Crippen molar-refractivity contribution in [1.82, 2.24) is 29.7 Å². The Bertz CT molecular complexity index is 1830. The Kier molecular flexibility index (Phi) is 7.40. The minimum absolute atomic E-state index is 0.0167. The van der Waals surface area contributed by atoms with Crippen molar-refractivity contribution < 1.29 is 35.9 Å². The van der Waals surface area contributed by atoms with Crippen LogP contribution in [0.5, 0.6) is 5.75 Å². The number of pyridine rings is 1. The van der Waals surface area contributed by atoms with Gasteiger partial charge in [-0.15, -0.1) is 0 Å². The number of fused-ring (bicyclic) bond motifs is 1. The molecule has 0 bridgehead atoms. The van der Waals surface area contributed by atoms with Gasteiger partial charge in [-0.3, -0.25) is 4.90 Å². The number of amides is 1. The van der Waals surface area contributed by atoms with E-state index in [2.05, 4.69) is 25.0 Å². The molecule has 218 valence electrons. The number of para-hydroxylation sites is 1. The van der Waals surface area contributed by atoms with Crippen LogP contribution in [-0.2, 0) is 12.4 Å². The van der Waals surface area contributed by atoms with Crippen molar-refractivity contribution in [3.63, 3.8) is 0 Å². The molecule has 5 rings (SSSR count). The first-order chi connectivity index (χ1) is 20.4. The summed E-state index contributed by atoms with van der Waals surface area (Å²) in [5.41, 5.74) is -3.93. The van der Waals surface area contributed by atoms with Crippen molar-refractivity contribution in [2.75, 3.05) is 4.90 Å². The highest BCUT2D eigenvalue weighted by Gasteiger charge is 2.40. The lowest BCUT2D eigenvalue weighted by molar-refractivity contribution is -0.142. The van der Waals surface area contributed by atoms with Crippen LogP contribution in [0.4, 0.5) is 37.0 Å². The highest BCUT2D eigenvalue weighted by atomic mass is 19.4. The summed E-state index contributed by atoms with van der Waals surface area (Å²) in [6.45, 7) is 1.39. The highest BCUT2D eigenvalue weighted by molar-refractivity contribution is 6.00. The summed E-state index contributed by atoms with van der Waals surface area (Å²) in [4.78, 5) is 30.3. The van der Waals surface area contributed by atoms with Crippen molar-refractivity contribution in [3.05, 3.63) is 96.0 Å². The maximum Gasteiger partial charge on any atom is 0.421 e. The van der Waals surface area contributed by atoms with Gasteiger partial charge in [-0.25, -0.2) is 24.7 Å². The number of halogens is 6. The third kappa shape index (κ3) is 5.77. The molecule has 16 heteroatoms. The van der Waals surface area contributed by atoms with Crippen LogP contribution >= 0.6 is 0 Å². The summed E-state index contributed by atoms with van der Waals surface area (Å²) in [6, 6.07) is 11.5. The Morgan fingerprint density at radius 1 is 0.953 bits per heavy atom. The summed E-state index contributed by atoms with van der Waals surface area (Å²) in [5.74, 6) is -0.444. The van der Waals surface area contributed by atoms with Gasteiger partial charge in [0.2, 0.25) is 0 Å². The summed E-state index contributed by atoms with van der Waals surface area (Å²) >= 11 is 0. The first-order valence-corrected chi connectivity index (χ1v) is 12.1. The van der Waals surface area contributed by atoms with E-state index < -0.39 is 52.3 Å². The average Bonchev–Trinajstić information content (AvgIpc) is 3.46. The number of aromatic nitrogens is 6. The van der Waals surface area contributed by atoms with E-state index in [1.165, 1.54) is 42.1 Å². The van der Waals surface area contributed by atoms with Crippen LogP contribution in [0, 0.1) is 11.3 Å². The predicted octanol–water partition coefficient (Wildman–Crippen LogP) is 6.28. The van der Waals surface area contributed by atoms with Crippen molar-refractivity contribution in [1.29, 1.82) is 5.26 Å². The van der Waals surface area contributed by atoms with Gasteiger partial charge < -0.3 is 4.74 Å². The normalized spacial score (nSPS) is 12.5. The molecule has 3 heterocycles. The van der Waals surface area contributed by atoms with Crippen molar-refractivity contribution in [2.45, 2.75) is 25.3 Å². The topological polar surface area (TPSA) is 123 Å². The largest absolute Gasteiger partial charge is 0.421 e. The fourth-order valence-corrected chi connectivity index (χ4v) is 4.20. The molecular weight excluding hydrogens is 582 g/mol. The van der Waals surface area contributed by atoms with Gasteiger partial charge in [-0.2, -0.15) is 41.4 Å². The minimum atomic E-state index is -5.23. The van der Waals surface area contributed by atoms with E-state index in [-0.39, 0.29) is 29.0 Å². The molecule has 0 radical (unpaired) electrons. The lowest BCUT2D eigenvalue weighted by atomic mass is 10.0. The Balaban J connectivity index is 1.73. The number of carbonyl (C=O) groups is 1. The monoisotopic (exact) mass is 598 g/mol. The zero-order chi connectivity index (χ0) is 30.9. The van der Waals surface area contributed by atoms with Crippen LogP contribution < -0.4 is 9.64 Å². The molecule has 0 saturated carbocycles. The third-order valence-corrected chi connectivity index (χ3v) is 6.15. The summed E-state index contributed by atoms with van der Waals surface area (Å²) in [7, 11) is 0. The van der Waals surface area contributed by atoms with E-state index >= 15 is 0 Å². The van der Waals surface area contributed by atoms with E-state index in [4.69, 9.17) is 10.00 Å². The fourth-order valence-electron chi connectivity index (χ4n) is 4.20. The third-order valence-electron chi connectivity index (χ3n) is 6.15. The molecule has 0 N–H and O–H groups in total. The Morgan fingerprint density at radius 3 is 2.33 bits per heavy atom. The van der Waals surface area contributed by atoms with Gasteiger partial charge in [-0.05, 0) is 43.3 Å². The quantitative estimate of drug-likeness (QED) is 0.217. The molecule has 1 atom stereocenters. The van der Waals surface area contributed by atoms with Gasteiger partial charge in [0.05, 0.1) is 28.2 Å². The summed E-state index contributed by atoms with van der Waals surface area (Å²) in [6.07, 6.45) is -8.55. The van der Waals surface area contributed by atoms with E-state index in [0.29, 0.717) is 12.4 Å². The smallest absolute Gasteiger partial charge is 0.410 e. The molecule has 10 nitrogen and oxygen atoms in total. The predicted molar refractivity (Wildman–Crippen MR) is 137 cm³/mol. The summed E-state index contributed by atoms with van der Waals surface area (Å²) in [5, 5.41) is 12.4. The molecule has 3 aromatic heterocycles. The number of carbonyl (C=O) groups excluding carboxylic acids is 1. The molecule has 0 aliphatic rings. The lowest BCUT2D eigenvalue weighted by Crippen LogP contribution is -2.38. The van der Waals surface area contributed by atoms with Gasteiger partial charge in [0, 0.05) is 11.6 Å². The number of rotatable bonds is 5. The second-order valence-electron chi connectivity index (χ2n) is 8.89. The number of benzene rings is 2. The maximum atomic E-state index is 14.0. The Morgan fingerprint density at radius 2 is 1.70 bits per heavy atom. The van der Waals surface area contributed by atoms with Gasteiger partial charge >= 0.3 is 18.4 Å². The minimum Gasteiger partial charge on any atom is -0.410 e. The first kappa shape index (κ1) is 28.9. The van der Waals surface area contributed by atoms with E-state index in [1.54, 1.807) is 18.2 Å². The van der Waals surface area contributed by atoms with E-state index in [9.17, 15) is 31.1 Å². The number of ether oxygens (including phenoxy) is 1. The fraction of sp³-hybridized carbons (Fsp3) is 0.148. The van der Waals surface area contributed by atoms with Crippen LogP contribution in [0.15, 0.2) is 73.4 Å². The van der Waals surface area contributed by atoms with Crippen molar-refractivity contribution in [3.8, 4) is 17.6 Å². The Hall–Kier alpha value is -5.59. The second-order valence-corrected chi connectivity index (χ2v) is 8.89. The van der Waals surface area contributed by atoms with Crippen LogP contribution in [0.3, 0.4) is 0 Å². The number of anilines is 1. The van der Waals surface area contributed by atoms with E-state index in [0.717, 1.165) is 11.2 Å². The molecule has 0 spiro atoms.